The highest BCUT2D eigenvalue weighted by Gasteiger charge is 2.40. The summed E-state index contributed by atoms with van der Waals surface area (Å²) in [6.45, 7) is 3.88. The number of guanidine groups is 1. The second-order valence-electron chi connectivity index (χ2n) is 8.75. The number of aliphatic imine (C=N–C) groups is 1. The molecule has 4 aromatic rings. The van der Waals surface area contributed by atoms with Crippen LogP contribution in [0.3, 0.4) is 0 Å². The van der Waals surface area contributed by atoms with E-state index >= 15 is 4.39 Å². The number of rotatable bonds is 4. The van der Waals surface area contributed by atoms with Crippen LogP contribution in [0, 0.1) is 5.82 Å². The topological polar surface area (TPSA) is 89.4 Å². The van der Waals surface area contributed by atoms with Gasteiger partial charge in [-0.3, -0.25) is 9.29 Å². The number of thiophene rings is 1. The third-order valence-corrected chi connectivity index (χ3v) is 10.4. The average Bonchev–Trinajstić information content (AvgIpc) is 3.42. The van der Waals surface area contributed by atoms with E-state index < -0.39 is 21.1 Å². The molecule has 0 saturated carbocycles. The lowest BCUT2D eigenvalue weighted by atomic mass is 10.0. The van der Waals surface area contributed by atoms with Gasteiger partial charge in [-0.25, -0.2) is 18.3 Å². The maximum absolute atomic E-state index is 15.4. The van der Waals surface area contributed by atoms with Crippen LogP contribution in [0.5, 0.6) is 0 Å². The predicted octanol–water partition coefficient (Wildman–Crippen LogP) is 4.61. The molecule has 5 rings (SSSR count). The van der Waals surface area contributed by atoms with E-state index in [9.17, 15) is 4.21 Å². The Bertz CT molecular complexity index is 1610. The molecule has 1 aromatic carbocycles. The maximum atomic E-state index is 15.4. The van der Waals surface area contributed by atoms with Crippen LogP contribution in [0.2, 0.25) is 5.02 Å². The highest BCUT2D eigenvalue weighted by atomic mass is 35.5. The standard InChI is InChI=1S/C24H24ClFN6OS2/c1-5-14-11-29-32(12-14)15-6-7-16(18(26)10-15)20-21-17(8-9-28-20)19(25)22(34-21)24(2)13-35(4,33)31(3)23(27)30-24/h6-12H,4-5,13H2,1-3H3,(H2,27,30)/t24-,35?/m0/s1. The van der Waals surface area contributed by atoms with E-state index in [1.54, 1.807) is 36.3 Å². The van der Waals surface area contributed by atoms with E-state index in [1.807, 2.05) is 26.1 Å². The Kier molecular flexibility index (Phi) is 5.65. The van der Waals surface area contributed by atoms with Crippen molar-refractivity contribution < 1.29 is 8.60 Å². The van der Waals surface area contributed by atoms with Crippen molar-refractivity contribution in [1.29, 1.82) is 0 Å². The second kappa shape index (κ2) is 8.32. The van der Waals surface area contributed by atoms with E-state index in [4.69, 9.17) is 17.3 Å². The zero-order chi connectivity index (χ0) is 25.1. The van der Waals surface area contributed by atoms with E-state index in [0.29, 0.717) is 26.8 Å². The van der Waals surface area contributed by atoms with Crippen molar-refractivity contribution in [2.75, 3.05) is 12.8 Å². The zero-order valence-corrected chi connectivity index (χ0v) is 21.8. The fourth-order valence-corrected chi connectivity index (χ4v) is 7.80. The summed E-state index contributed by atoms with van der Waals surface area (Å²) in [6.07, 6.45) is 6.11. The Labute approximate surface area is 212 Å². The summed E-state index contributed by atoms with van der Waals surface area (Å²) >= 11 is 8.18. The first-order valence-electron chi connectivity index (χ1n) is 10.9. The lowest BCUT2D eigenvalue weighted by molar-refractivity contribution is 0.522. The summed E-state index contributed by atoms with van der Waals surface area (Å²) in [5, 5.41) is 5.50. The van der Waals surface area contributed by atoms with Gasteiger partial charge in [0.2, 0.25) is 5.96 Å². The molecule has 7 nitrogen and oxygen atoms in total. The zero-order valence-electron chi connectivity index (χ0n) is 19.5. The largest absolute Gasteiger partial charge is 0.369 e. The van der Waals surface area contributed by atoms with Crippen LogP contribution in [0.25, 0.3) is 27.0 Å². The molecule has 0 aliphatic carbocycles. The number of nitrogens with two attached hydrogens (primary N) is 1. The number of hydrogen-bond acceptors (Lipinski definition) is 6. The quantitative estimate of drug-likeness (QED) is 0.390. The van der Waals surface area contributed by atoms with Crippen molar-refractivity contribution in [2.24, 2.45) is 10.7 Å². The third-order valence-electron chi connectivity index (χ3n) is 6.24. The van der Waals surface area contributed by atoms with Gasteiger partial charge >= 0.3 is 0 Å². The smallest absolute Gasteiger partial charge is 0.203 e. The Morgan fingerprint density at radius 2 is 2.14 bits per heavy atom. The molecule has 35 heavy (non-hydrogen) atoms. The molecule has 3 aromatic heterocycles. The van der Waals surface area contributed by atoms with Gasteiger partial charge in [-0.1, -0.05) is 18.5 Å². The molecule has 0 fully saturated rings. The molecule has 2 N–H and O–H groups in total. The van der Waals surface area contributed by atoms with Crippen LogP contribution in [0.15, 0.2) is 47.8 Å². The molecule has 2 atom stereocenters. The normalized spacial score (nSPS) is 22.5. The van der Waals surface area contributed by atoms with Gasteiger partial charge in [0.1, 0.15) is 11.4 Å². The highest BCUT2D eigenvalue weighted by Crippen LogP contribution is 2.47. The summed E-state index contributed by atoms with van der Waals surface area (Å²) in [6, 6.07) is 6.74. The molecule has 0 radical (unpaired) electrons. The number of nitrogens with zero attached hydrogens (tertiary/aromatic N) is 5. The highest BCUT2D eigenvalue weighted by molar-refractivity contribution is 7.98. The monoisotopic (exact) mass is 530 g/mol. The minimum absolute atomic E-state index is 0.136. The van der Waals surface area contributed by atoms with Crippen molar-refractivity contribution in [1.82, 2.24) is 19.1 Å². The molecule has 0 bridgehead atoms. The molecular formula is C24H24ClFN6OS2. The number of benzene rings is 1. The number of aromatic nitrogens is 3. The van der Waals surface area contributed by atoms with Crippen LogP contribution in [-0.4, -0.2) is 47.9 Å². The SMILES string of the molecule is C=S1(=O)C[C@@](C)(c2sc3c(-c4ccc(-n5cc(CC)cn5)cc4F)nccc3c2Cl)N=C(N)N1C. The van der Waals surface area contributed by atoms with Crippen molar-refractivity contribution in [3.8, 4) is 16.9 Å². The van der Waals surface area contributed by atoms with Gasteiger partial charge in [-0.15, -0.1) is 11.3 Å². The van der Waals surface area contributed by atoms with Gasteiger partial charge in [0.05, 0.1) is 47.6 Å². The number of hydrogen-bond donors (Lipinski definition) is 1. The first-order valence-corrected chi connectivity index (χ1v) is 13.9. The van der Waals surface area contributed by atoms with Crippen LogP contribution in [0.4, 0.5) is 4.39 Å². The summed E-state index contributed by atoms with van der Waals surface area (Å²) in [4.78, 5) is 9.79. The number of pyridine rings is 1. The molecule has 4 heterocycles. The van der Waals surface area contributed by atoms with Crippen molar-refractivity contribution in [3.63, 3.8) is 0 Å². The van der Waals surface area contributed by atoms with Gasteiger partial charge in [0, 0.05) is 36.5 Å². The molecule has 1 aliphatic heterocycles. The number of fused-ring (bicyclic) bond motifs is 1. The number of halogens is 2. The third kappa shape index (κ3) is 3.89. The minimum Gasteiger partial charge on any atom is -0.369 e. The van der Waals surface area contributed by atoms with Crippen LogP contribution < -0.4 is 5.73 Å². The van der Waals surface area contributed by atoms with E-state index in [2.05, 4.69) is 20.9 Å². The molecule has 182 valence electrons. The molecule has 11 heteroatoms. The lowest BCUT2D eigenvalue weighted by Gasteiger charge is -2.36. The molecule has 0 saturated heterocycles. The lowest BCUT2D eigenvalue weighted by Crippen LogP contribution is -2.50. The summed E-state index contributed by atoms with van der Waals surface area (Å²) < 4.78 is 32.3. The first kappa shape index (κ1) is 23.8. The van der Waals surface area contributed by atoms with Gasteiger partial charge < -0.3 is 5.73 Å². The molecule has 0 amide bonds. The van der Waals surface area contributed by atoms with Gasteiger partial charge in [-0.2, -0.15) is 5.10 Å². The summed E-state index contributed by atoms with van der Waals surface area (Å²) in [7, 11) is -1.07. The number of aryl methyl sites for hydroxylation is 1. The Hall–Kier alpha value is -2.95. The Morgan fingerprint density at radius 3 is 2.80 bits per heavy atom. The molecule has 1 aliphatic rings. The van der Waals surface area contributed by atoms with Crippen LogP contribution in [0.1, 0.15) is 24.3 Å². The van der Waals surface area contributed by atoms with Gasteiger partial charge in [0.25, 0.3) is 0 Å². The minimum atomic E-state index is -2.68. The van der Waals surface area contributed by atoms with Crippen LogP contribution in [-0.2, 0) is 21.7 Å². The fourth-order valence-electron chi connectivity index (χ4n) is 4.23. The maximum Gasteiger partial charge on any atom is 0.203 e. The van der Waals surface area contributed by atoms with Crippen molar-refractivity contribution in [3.05, 3.63) is 64.1 Å². The fraction of sp³-hybridized carbons (Fsp3) is 0.250. The van der Waals surface area contributed by atoms with E-state index in [-0.39, 0.29) is 11.7 Å². The van der Waals surface area contributed by atoms with Crippen LogP contribution >= 0.6 is 22.9 Å². The Balaban J connectivity index is 1.63. The van der Waals surface area contributed by atoms with Crippen molar-refractivity contribution in [2.45, 2.75) is 25.8 Å². The van der Waals surface area contributed by atoms with Gasteiger partial charge in [-0.05, 0) is 43.0 Å². The average molecular weight is 531 g/mol. The van der Waals surface area contributed by atoms with Crippen molar-refractivity contribution >= 4 is 54.6 Å². The van der Waals surface area contributed by atoms with Gasteiger partial charge in [0.15, 0.2) is 0 Å². The predicted molar refractivity (Wildman–Crippen MR) is 143 cm³/mol. The molecule has 1 unspecified atom stereocenters. The first-order chi connectivity index (χ1) is 16.5. The van der Waals surface area contributed by atoms with E-state index in [0.717, 1.165) is 22.1 Å². The Morgan fingerprint density at radius 1 is 1.37 bits per heavy atom. The summed E-state index contributed by atoms with van der Waals surface area (Å²) in [5.41, 5.74) is 7.65. The summed E-state index contributed by atoms with van der Waals surface area (Å²) in [5.74, 6) is 3.74. The second-order valence-corrected chi connectivity index (χ2v) is 12.5. The molecule has 0 spiro atoms. The van der Waals surface area contributed by atoms with E-state index in [1.165, 1.54) is 21.7 Å². The molecular weight excluding hydrogens is 507 g/mol.